The number of nitrogens with one attached hydrogen (secondary N) is 1. The molecular weight excluding hydrogens is 394 g/mol. The molecule has 3 aromatic rings. The van der Waals surface area contributed by atoms with Gasteiger partial charge in [-0.05, 0) is 35.2 Å². The van der Waals surface area contributed by atoms with Crippen molar-refractivity contribution in [3.63, 3.8) is 0 Å². The van der Waals surface area contributed by atoms with Crippen LogP contribution in [0, 0.1) is 0 Å². The second kappa shape index (κ2) is 10.2. The number of benzene rings is 3. The lowest BCUT2D eigenvalue weighted by Gasteiger charge is -2.19. The monoisotopic (exact) mass is 417 g/mol. The molecule has 0 aromatic heterocycles. The molecule has 0 radical (unpaired) electrons. The second-order valence-corrected chi connectivity index (χ2v) is 7.17. The van der Waals surface area contributed by atoms with Crippen molar-refractivity contribution < 1.29 is 24.6 Å². The summed E-state index contributed by atoms with van der Waals surface area (Å²) in [5, 5.41) is 20.4. The second-order valence-electron chi connectivity index (χ2n) is 7.17. The SMILES string of the molecule is O=C(O)CC[C@H](NC(=O)c1ccc(C(c2ccccc2)c2ccccc2)cc1)C(=O)O. The molecule has 0 saturated carbocycles. The summed E-state index contributed by atoms with van der Waals surface area (Å²) in [5.41, 5.74) is 3.54. The maximum absolute atomic E-state index is 12.5. The summed E-state index contributed by atoms with van der Waals surface area (Å²) in [6, 6.07) is 25.8. The number of carbonyl (C=O) groups is 3. The van der Waals surface area contributed by atoms with Crippen LogP contribution < -0.4 is 5.32 Å². The largest absolute Gasteiger partial charge is 0.481 e. The zero-order valence-corrected chi connectivity index (χ0v) is 16.8. The highest BCUT2D eigenvalue weighted by molar-refractivity contribution is 5.96. The molecule has 6 nitrogen and oxygen atoms in total. The Morgan fingerprint density at radius 3 is 1.65 bits per heavy atom. The lowest BCUT2D eigenvalue weighted by atomic mass is 9.85. The molecule has 0 bridgehead atoms. The molecule has 158 valence electrons. The Hall–Kier alpha value is -3.93. The van der Waals surface area contributed by atoms with Gasteiger partial charge in [0, 0.05) is 17.9 Å². The van der Waals surface area contributed by atoms with E-state index in [0.29, 0.717) is 5.56 Å². The van der Waals surface area contributed by atoms with E-state index in [-0.39, 0.29) is 18.8 Å². The van der Waals surface area contributed by atoms with E-state index in [1.165, 1.54) is 0 Å². The molecule has 3 N–H and O–H groups in total. The molecule has 0 heterocycles. The molecule has 0 aliphatic carbocycles. The van der Waals surface area contributed by atoms with E-state index in [0.717, 1.165) is 16.7 Å². The minimum atomic E-state index is -1.26. The van der Waals surface area contributed by atoms with Gasteiger partial charge in [-0.2, -0.15) is 0 Å². The van der Waals surface area contributed by atoms with E-state index in [1.807, 2.05) is 48.5 Å². The van der Waals surface area contributed by atoms with Crippen LogP contribution in [0.4, 0.5) is 0 Å². The first-order chi connectivity index (χ1) is 15.0. The summed E-state index contributed by atoms with van der Waals surface area (Å²) in [5.74, 6) is -2.95. The smallest absolute Gasteiger partial charge is 0.326 e. The number of carbonyl (C=O) groups excluding carboxylic acids is 1. The van der Waals surface area contributed by atoms with Crippen LogP contribution in [0.15, 0.2) is 84.9 Å². The quantitative estimate of drug-likeness (QED) is 0.458. The molecule has 31 heavy (non-hydrogen) atoms. The molecule has 3 aromatic carbocycles. The first kappa shape index (κ1) is 21.8. The van der Waals surface area contributed by atoms with Crippen molar-refractivity contribution in [2.45, 2.75) is 24.8 Å². The van der Waals surface area contributed by atoms with Gasteiger partial charge in [-0.3, -0.25) is 9.59 Å². The van der Waals surface area contributed by atoms with Crippen LogP contribution in [0.2, 0.25) is 0 Å². The highest BCUT2D eigenvalue weighted by Gasteiger charge is 2.22. The van der Waals surface area contributed by atoms with Gasteiger partial charge < -0.3 is 15.5 Å². The van der Waals surface area contributed by atoms with Crippen molar-refractivity contribution >= 4 is 17.8 Å². The Kier molecular flexibility index (Phi) is 7.17. The molecule has 1 atom stereocenters. The fourth-order valence-corrected chi connectivity index (χ4v) is 3.46. The topological polar surface area (TPSA) is 104 Å². The zero-order valence-electron chi connectivity index (χ0n) is 16.8. The van der Waals surface area contributed by atoms with Gasteiger partial charge in [0.25, 0.3) is 5.91 Å². The lowest BCUT2D eigenvalue weighted by molar-refractivity contribution is -0.140. The van der Waals surface area contributed by atoms with Crippen molar-refractivity contribution in [3.05, 3.63) is 107 Å². The highest BCUT2D eigenvalue weighted by Crippen LogP contribution is 2.31. The van der Waals surface area contributed by atoms with E-state index in [2.05, 4.69) is 29.6 Å². The lowest BCUT2D eigenvalue weighted by Crippen LogP contribution is -2.41. The molecule has 0 saturated heterocycles. The van der Waals surface area contributed by atoms with E-state index >= 15 is 0 Å². The maximum Gasteiger partial charge on any atom is 0.326 e. The number of amides is 1. The van der Waals surface area contributed by atoms with Gasteiger partial charge in [-0.1, -0.05) is 72.8 Å². The molecule has 0 aliphatic heterocycles. The fourth-order valence-electron chi connectivity index (χ4n) is 3.46. The number of carboxylic acid groups (broad SMARTS) is 2. The van der Waals surface area contributed by atoms with Crippen LogP contribution in [0.5, 0.6) is 0 Å². The Bertz CT molecular complexity index is 993. The molecule has 0 fully saturated rings. The van der Waals surface area contributed by atoms with Crippen LogP contribution in [0.1, 0.15) is 45.8 Å². The Morgan fingerprint density at radius 2 is 1.19 bits per heavy atom. The average molecular weight is 417 g/mol. The summed E-state index contributed by atoms with van der Waals surface area (Å²) in [6.45, 7) is 0. The van der Waals surface area contributed by atoms with Gasteiger partial charge in [-0.15, -0.1) is 0 Å². The van der Waals surface area contributed by atoms with Crippen LogP contribution >= 0.6 is 0 Å². The van der Waals surface area contributed by atoms with Gasteiger partial charge in [0.1, 0.15) is 6.04 Å². The van der Waals surface area contributed by atoms with E-state index in [9.17, 15) is 19.5 Å². The third-order valence-corrected chi connectivity index (χ3v) is 5.02. The molecule has 3 rings (SSSR count). The van der Waals surface area contributed by atoms with Crippen molar-refractivity contribution in [2.75, 3.05) is 0 Å². The Balaban J connectivity index is 1.82. The third kappa shape index (κ3) is 5.79. The first-order valence-electron chi connectivity index (χ1n) is 9.91. The fraction of sp³-hybridized carbons (Fsp3) is 0.160. The van der Waals surface area contributed by atoms with E-state index in [4.69, 9.17) is 5.11 Å². The number of hydrogen-bond donors (Lipinski definition) is 3. The van der Waals surface area contributed by atoms with Gasteiger partial charge in [-0.25, -0.2) is 4.79 Å². The average Bonchev–Trinajstić information content (AvgIpc) is 2.78. The molecule has 0 spiro atoms. The minimum absolute atomic E-state index is 0.0122. The number of hydrogen-bond acceptors (Lipinski definition) is 3. The summed E-state index contributed by atoms with van der Waals surface area (Å²) in [7, 11) is 0. The highest BCUT2D eigenvalue weighted by atomic mass is 16.4. The van der Waals surface area contributed by atoms with Crippen molar-refractivity contribution in [1.82, 2.24) is 5.32 Å². The van der Waals surface area contributed by atoms with E-state index < -0.39 is 23.9 Å². The predicted molar refractivity (Wildman–Crippen MR) is 116 cm³/mol. The van der Waals surface area contributed by atoms with Crippen LogP contribution in [-0.4, -0.2) is 34.1 Å². The van der Waals surface area contributed by atoms with Crippen LogP contribution in [0.3, 0.4) is 0 Å². The van der Waals surface area contributed by atoms with Gasteiger partial charge >= 0.3 is 11.9 Å². The number of carboxylic acids is 2. The van der Waals surface area contributed by atoms with Crippen molar-refractivity contribution in [1.29, 1.82) is 0 Å². The Labute approximate surface area is 180 Å². The summed E-state index contributed by atoms with van der Waals surface area (Å²) >= 11 is 0. The van der Waals surface area contributed by atoms with Gasteiger partial charge in [0.05, 0.1) is 0 Å². The Morgan fingerprint density at radius 1 is 0.710 bits per heavy atom. The molecular formula is C25H23NO5. The summed E-state index contributed by atoms with van der Waals surface area (Å²) in [6.07, 6.45) is -0.523. The minimum Gasteiger partial charge on any atom is -0.481 e. The van der Waals surface area contributed by atoms with Crippen molar-refractivity contribution in [2.24, 2.45) is 0 Å². The molecule has 6 heteroatoms. The zero-order chi connectivity index (χ0) is 22.2. The predicted octanol–water partition coefficient (Wildman–Crippen LogP) is 3.91. The standard InChI is InChI=1S/C25H23NO5/c27-22(28)16-15-21(25(30)31)26-24(29)20-13-11-19(12-14-20)23(17-7-3-1-4-8-17)18-9-5-2-6-10-18/h1-14,21,23H,15-16H2,(H,26,29)(H,27,28)(H,30,31)/t21-/m0/s1. The van der Waals surface area contributed by atoms with Gasteiger partial charge in [0.2, 0.25) is 0 Å². The van der Waals surface area contributed by atoms with Gasteiger partial charge in [0.15, 0.2) is 0 Å². The molecule has 0 unspecified atom stereocenters. The first-order valence-corrected chi connectivity index (χ1v) is 9.91. The number of aliphatic carboxylic acids is 2. The van der Waals surface area contributed by atoms with Crippen LogP contribution in [-0.2, 0) is 9.59 Å². The molecule has 0 aliphatic rings. The normalized spacial score (nSPS) is 11.6. The maximum atomic E-state index is 12.5. The summed E-state index contributed by atoms with van der Waals surface area (Å²) in [4.78, 5) is 34.5. The molecule has 1 amide bonds. The third-order valence-electron chi connectivity index (χ3n) is 5.02. The van der Waals surface area contributed by atoms with Crippen LogP contribution in [0.25, 0.3) is 0 Å². The summed E-state index contributed by atoms with van der Waals surface area (Å²) < 4.78 is 0. The van der Waals surface area contributed by atoms with Crippen molar-refractivity contribution in [3.8, 4) is 0 Å². The number of rotatable bonds is 9. The van der Waals surface area contributed by atoms with E-state index in [1.54, 1.807) is 12.1 Å².